The summed E-state index contributed by atoms with van der Waals surface area (Å²) in [6.45, 7) is 0.985. The number of nitrogens with zero attached hydrogens (tertiary/aromatic N) is 2. The number of para-hydroxylation sites is 1. The first-order valence-corrected chi connectivity index (χ1v) is 9.67. The third-order valence-electron chi connectivity index (χ3n) is 4.62. The number of rotatable bonds is 7. The van der Waals surface area contributed by atoms with Crippen molar-refractivity contribution in [2.24, 2.45) is 0 Å². The van der Waals surface area contributed by atoms with Gasteiger partial charge in [0, 0.05) is 30.7 Å². The number of fused-ring (bicyclic) bond motifs is 1. The van der Waals surface area contributed by atoms with E-state index in [2.05, 4.69) is 10.3 Å². The van der Waals surface area contributed by atoms with Gasteiger partial charge in [-0.05, 0) is 42.8 Å². The van der Waals surface area contributed by atoms with Crippen molar-refractivity contribution in [3.05, 3.63) is 78.6 Å². The van der Waals surface area contributed by atoms with Gasteiger partial charge in [0.2, 0.25) is 0 Å². The molecule has 1 aliphatic heterocycles. The minimum atomic E-state index is -0.259. The molecule has 4 rings (SSSR count). The number of carbonyl (C=O) groups excluding carboxylic acids is 2. The summed E-state index contributed by atoms with van der Waals surface area (Å²) in [5.41, 5.74) is 1.74. The molecular weight excluding hydrogens is 382 g/mol. The van der Waals surface area contributed by atoms with Crippen LogP contribution in [0, 0.1) is 0 Å². The quantitative estimate of drug-likeness (QED) is 0.611. The number of anilines is 2. The third-order valence-corrected chi connectivity index (χ3v) is 4.62. The SMILES string of the molecule is O=C(Nc1ccc2c(c1)OCC(=O)N2CCCOc1ccccc1)c1cccnc1. The van der Waals surface area contributed by atoms with Gasteiger partial charge in [-0.2, -0.15) is 0 Å². The van der Waals surface area contributed by atoms with Gasteiger partial charge in [-0.15, -0.1) is 0 Å². The summed E-state index contributed by atoms with van der Waals surface area (Å²) >= 11 is 0. The van der Waals surface area contributed by atoms with E-state index in [1.54, 1.807) is 41.4 Å². The van der Waals surface area contributed by atoms with E-state index in [-0.39, 0.29) is 18.4 Å². The highest BCUT2D eigenvalue weighted by Crippen LogP contribution is 2.34. The zero-order valence-corrected chi connectivity index (χ0v) is 16.3. The summed E-state index contributed by atoms with van der Waals surface area (Å²) in [6, 6.07) is 18.2. The molecule has 1 aliphatic rings. The lowest BCUT2D eigenvalue weighted by molar-refractivity contribution is -0.121. The Bertz CT molecular complexity index is 1030. The lowest BCUT2D eigenvalue weighted by atomic mass is 10.2. The van der Waals surface area contributed by atoms with Crippen molar-refractivity contribution >= 4 is 23.2 Å². The molecule has 1 aromatic heterocycles. The summed E-state index contributed by atoms with van der Waals surface area (Å²) in [6.07, 6.45) is 3.79. The number of ether oxygens (including phenoxy) is 2. The highest BCUT2D eigenvalue weighted by molar-refractivity contribution is 6.04. The summed E-state index contributed by atoms with van der Waals surface area (Å²) in [4.78, 5) is 30.3. The minimum Gasteiger partial charge on any atom is -0.494 e. The lowest BCUT2D eigenvalue weighted by Gasteiger charge is -2.29. The number of amides is 2. The topological polar surface area (TPSA) is 80.8 Å². The molecular formula is C23H21N3O4. The average molecular weight is 403 g/mol. The number of benzene rings is 2. The molecule has 2 heterocycles. The van der Waals surface area contributed by atoms with Gasteiger partial charge in [-0.25, -0.2) is 0 Å². The molecule has 3 aromatic rings. The number of hydrogen-bond donors (Lipinski definition) is 1. The van der Waals surface area contributed by atoms with Gasteiger partial charge >= 0.3 is 0 Å². The van der Waals surface area contributed by atoms with Crippen molar-refractivity contribution < 1.29 is 19.1 Å². The van der Waals surface area contributed by atoms with Crippen LogP contribution < -0.4 is 19.7 Å². The van der Waals surface area contributed by atoms with Gasteiger partial charge in [0.25, 0.3) is 11.8 Å². The first-order valence-electron chi connectivity index (χ1n) is 9.67. The lowest BCUT2D eigenvalue weighted by Crippen LogP contribution is -2.39. The highest BCUT2D eigenvalue weighted by atomic mass is 16.5. The first kappa shape index (κ1) is 19.4. The van der Waals surface area contributed by atoms with Crippen LogP contribution >= 0.6 is 0 Å². The molecule has 7 heteroatoms. The normalized spacial score (nSPS) is 12.7. The van der Waals surface area contributed by atoms with E-state index in [4.69, 9.17) is 9.47 Å². The predicted molar refractivity (Wildman–Crippen MR) is 113 cm³/mol. The summed E-state index contributed by atoms with van der Waals surface area (Å²) in [7, 11) is 0. The van der Waals surface area contributed by atoms with E-state index in [1.165, 1.54) is 6.20 Å². The summed E-state index contributed by atoms with van der Waals surface area (Å²) in [5.74, 6) is 1.00. The molecule has 0 aliphatic carbocycles. The Hall–Kier alpha value is -3.87. The maximum absolute atomic E-state index is 12.4. The van der Waals surface area contributed by atoms with E-state index >= 15 is 0 Å². The Morgan fingerprint density at radius 1 is 1.13 bits per heavy atom. The molecule has 0 saturated heterocycles. The van der Waals surface area contributed by atoms with Gasteiger partial charge in [0.05, 0.1) is 17.9 Å². The Morgan fingerprint density at radius 2 is 2.00 bits per heavy atom. The molecule has 0 atom stereocenters. The van der Waals surface area contributed by atoms with Crippen LogP contribution in [-0.4, -0.2) is 36.6 Å². The molecule has 0 spiro atoms. The Kier molecular flexibility index (Phi) is 5.89. The van der Waals surface area contributed by atoms with E-state index in [1.807, 2.05) is 30.3 Å². The van der Waals surface area contributed by atoms with Crippen LogP contribution in [0.2, 0.25) is 0 Å². The third kappa shape index (κ3) is 4.57. The molecule has 152 valence electrons. The van der Waals surface area contributed by atoms with Crippen LogP contribution in [0.15, 0.2) is 73.1 Å². The molecule has 2 amide bonds. The van der Waals surface area contributed by atoms with Crippen LogP contribution in [-0.2, 0) is 4.79 Å². The van der Waals surface area contributed by atoms with E-state index in [9.17, 15) is 9.59 Å². The van der Waals surface area contributed by atoms with Crippen molar-refractivity contribution in [1.29, 1.82) is 0 Å². The van der Waals surface area contributed by atoms with Crippen molar-refractivity contribution in [1.82, 2.24) is 4.98 Å². The van der Waals surface area contributed by atoms with Crippen molar-refractivity contribution in [2.75, 3.05) is 30.0 Å². The van der Waals surface area contributed by atoms with Gasteiger partial charge in [-0.3, -0.25) is 14.6 Å². The summed E-state index contributed by atoms with van der Waals surface area (Å²) < 4.78 is 11.3. The van der Waals surface area contributed by atoms with E-state index in [0.29, 0.717) is 42.3 Å². The molecule has 7 nitrogen and oxygen atoms in total. The van der Waals surface area contributed by atoms with Gasteiger partial charge < -0.3 is 19.7 Å². The standard InChI is InChI=1S/C23H21N3O4/c27-22-16-30-21-14-18(25-23(28)17-6-4-11-24-15-17)9-10-20(21)26(22)12-5-13-29-19-7-2-1-3-8-19/h1-4,6-11,14-15H,5,12-13,16H2,(H,25,28). The number of carbonyl (C=O) groups is 2. The average Bonchev–Trinajstić information content (AvgIpc) is 2.79. The van der Waals surface area contributed by atoms with Crippen LogP contribution in [0.5, 0.6) is 11.5 Å². The van der Waals surface area contributed by atoms with Crippen LogP contribution in [0.4, 0.5) is 11.4 Å². The monoisotopic (exact) mass is 403 g/mol. The fourth-order valence-electron chi connectivity index (χ4n) is 3.16. The molecule has 30 heavy (non-hydrogen) atoms. The fraction of sp³-hybridized carbons (Fsp3) is 0.174. The predicted octanol–water partition coefficient (Wildman–Crippen LogP) is 3.53. The van der Waals surface area contributed by atoms with Gasteiger partial charge in [-0.1, -0.05) is 18.2 Å². The highest BCUT2D eigenvalue weighted by Gasteiger charge is 2.25. The van der Waals surface area contributed by atoms with Crippen LogP contribution in [0.25, 0.3) is 0 Å². The summed E-state index contributed by atoms with van der Waals surface area (Å²) in [5, 5.41) is 2.82. The largest absolute Gasteiger partial charge is 0.494 e. The molecule has 1 N–H and O–H groups in total. The maximum Gasteiger partial charge on any atom is 0.265 e. The molecule has 0 saturated carbocycles. The smallest absolute Gasteiger partial charge is 0.265 e. The molecule has 0 unspecified atom stereocenters. The van der Waals surface area contributed by atoms with Gasteiger partial charge in [0.1, 0.15) is 11.5 Å². The van der Waals surface area contributed by atoms with E-state index in [0.717, 1.165) is 5.75 Å². The zero-order valence-electron chi connectivity index (χ0n) is 16.3. The zero-order chi connectivity index (χ0) is 20.8. The van der Waals surface area contributed by atoms with Gasteiger partial charge in [0.15, 0.2) is 6.61 Å². The molecule has 0 fully saturated rings. The molecule has 2 aromatic carbocycles. The Morgan fingerprint density at radius 3 is 2.80 bits per heavy atom. The fourth-order valence-corrected chi connectivity index (χ4v) is 3.16. The molecule has 0 bridgehead atoms. The van der Waals surface area contributed by atoms with E-state index < -0.39 is 0 Å². The van der Waals surface area contributed by atoms with Crippen molar-refractivity contribution in [3.63, 3.8) is 0 Å². The number of aromatic nitrogens is 1. The second-order valence-corrected chi connectivity index (χ2v) is 6.73. The Labute approximate surface area is 174 Å². The number of hydrogen-bond acceptors (Lipinski definition) is 5. The molecule has 0 radical (unpaired) electrons. The first-order chi connectivity index (χ1) is 14.7. The minimum absolute atomic E-state index is 0.0352. The van der Waals surface area contributed by atoms with Crippen molar-refractivity contribution in [2.45, 2.75) is 6.42 Å². The Balaban J connectivity index is 1.39. The maximum atomic E-state index is 12.4. The number of pyridine rings is 1. The van der Waals surface area contributed by atoms with Crippen molar-refractivity contribution in [3.8, 4) is 11.5 Å². The van der Waals surface area contributed by atoms with Crippen LogP contribution in [0.1, 0.15) is 16.8 Å². The number of nitrogens with one attached hydrogen (secondary N) is 1. The van der Waals surface area contributed by atoms with Crippen LogP contribution in [0.3, 0.4) is 0 Å². The second-order valence-electron chi connectivity index (χ2n) is 6.73. The second kappa shape index (κ2) is 9.09.